The van der Waals surface area contributed by atoms with Gasteiger partial charge in [0.1, 0.15) is 11.8 Å². The molecule has 6 nitrogen and oxygen atoms in total. The van der Waals surface area contributed by atoms with Crippen molar-refractivity contribution in [3.8, 4) is 5.75 Å². The van der Waals surface area contributed by atoms with Gasteiger partial charge in [-0.2, -0.15) is 26.3 Å². The molecule has 1 amide bonds. The number of amides is 1. The molecule has 0 bridgehead atoms. The number of benzene rings is 2. The molecule has 2 aromatic rings. The molecular formula is C23H24F6N4O2. The lowest BCUT2D eigenvalue weighted by molar-refractivity contribution is -0.143. The Labute approximate surface area is 197 Å². The number of anilines is 1. The van der Waals surface area contributed by atoms with Crippen molar-refractivity contribution in [3.05, 3.63) is 58.7 Å². The summed E-state index contributed by atoms with van der Waals surface area (Å²) >= 11 is 0. The summed E-state index contributed by atoms with van der Waals surface area (Å²) in [6, 6.07) is 5.65. The summed E-state index contributed by atoms with van der Waals surface area (Å²) in [5.41, 5.74) is 2.71. The Morgan fingerprint density at radius 1 is 0.943 bits per heavy atom. The number of hydrazine groups is 1. The van der Waals surface area contributed by atoms with Crippen molar-refractivity contribution < 1.29 is 35.9 Å². The highest BCUT2D eigenvalue weighted by Gasteiger charge is 2.37. The van der Waals surface area contributed by atoms with E-state index in [-0.39, 0.29) is 6.07 Å². The van der Waals surface area contributed by atoms with Crippen LogP contribution in [0, 0.1) is 0 Å². The lowest BCUT2D eigenvalue weighted by Gasteiger charge is -2.37. The summed E-state index contributed by atoms with van der Waals surface area (Å²) in [5.74, 6) is 0.132. The van der Waals surface area contributed by atoms with Crippen LogP contribution >= 0.6 is 0 Å². The fourth-order valence-corrected chi connectivity index (χ4v) is 4.21. The Balaban J connectivity index is 1.59. The van der Waals surface area contributed by atoms with E-state index in [0.29, 0.717) is 56.9 Å². The molecule has 12 heteroatoms. The first-order valence-corrected chi connectivity index (χ1v) is 11.0. The van der Waals surface area contributed by atoms with E-state index in [1.807, 2.05) is 18.0 Å². The van der Waals surface area contributed by atoms with E-state index in [0.717, 1.165) is 11.3 Å². The third-order valence-corrected chi connectivity index (χ3v) is 6.10. The first-order chi connectivity index (χ1) is 16.4. The maximum atomic E-state index is 13.3. The molecule has 1 saturated heterocycles. The van der Waals surface area contributed by atoms with E-state index in [4.69, 9.17) is 4.74 Å². The molecule has 1 unspecified atom stereocenters. The quantitative estimate of drug-likeness (QED) is 0.477. The van der Waals surface area contributed by atoms with Gasteiger partial charge >= 0.3 is 12.4 Å². The van der Waals surface area contributed by atoms with Gasteiger partial charge in [-0.25, -0.2) is 0 Å². The van der Waals surface area contributed by atoms with Gasteiger partial charge in [0.05, 0.1) is 23.4 Å². The first kappa shape index (κ1) is 25.1. The van der Waals surface area contributed by atoms with E-state index in [1.165, 1.54) is 0 Å². The summed E-state index contributed by atoms with van der Waals surface area (Å²) in [6.45, 7) is 3.05. The summed E-state index contributed by atoms with van der Waals surface area (Å²) in [7, 11) is 1.95. The highest BCUT2D eigenvalue weighted by molar-refractivity contribution is 5.84. The summed E-state index contributed by atoms with van der Waals surface area (Å²) in [4.78, 5) is 17.3. The molecule has 2 aromatic carbocycles. The average Bonchev–Trinajstić information content (AvgIpc) is 3.26. The fourth-order valence-electron chi connectivity index (χ4n) is 4.21. The molecule has 0 aromatic heterocycles. The van der Waals surface area contributed by atoms with Gasteiger partial charge < -0.3 is 9.64 Å². The molecule has 0 radical (unpaired) electrons. The average molecular weight is 502 g/mol. The molecule has 35 heavy (non-hydrogen) atoms. The topological polar surface area (TPSA) is 56.8 Å². The number of fused-ring (bicyclic) bond motifs is 1. The maximum Gasteiger partial charge on any atom is 0.416 e. The van der Waals surface area contributed by atoms with Crippen LogP contribution < -0.4 is 15.6 Å². The van der Waals surface area contributed by atoms with Crippen LogP contribution in [0.15, 0.2) is 36.4 Å². The van der Waals surface area contributed by atoms with Crippen LogP contribution in [0.25, 0.3) is 0 Å². The van der Waals surface area contributed by atoms with E-state index in [1.54, 1.807) is 12.1 Å². The molecule has 2 aliphatic heterocycles. The molecule has 2 heterocycles. The number of ether oxygens (including phenoxy) is 1. The van der Waals surface area contributed by atoms with Crippen LogP contribution in [0.5, 0.6) is 5.75 Å². The minimum Gasteiger partial charge on any atom is -0.493 e. The van der Waals surface area contributed by atoms with Crippen LogP contribution in [-0.2, 0) is 23.6 Å². The van der Waals surface area contributed by atoms with Gasteiger partial charge in [-0.1, -0.05) is 6.07 Å². The molecule has 2 aliphatic rings. The molecule has 0 saturated carbocycles. The van der Waals surface area contributed by atoms with Gasteiger partial charge in [0.25, 0.3) is 5.91 Å². The van der Waals surface area contributed by atoms with Gasteiger partial charge in [0, 0.05) is 32.6 Å². The zero-order valence-corrected chi connectivity index (χ0v) is 18.8. The monoisotopic (exact) mass is 502 g/mol. The van der Waals surface area contributed by atoms with Crippen molar-refractivity contribution in [1.82, 2.24) is 15.2 Å². The largest absolute Gasteiger partial charge is 0.493 e. The summed E-state index contributed by atoms with van der Waals surface area (Å²) < 4.78 is 84.5. The van der Waals surface area contributed by atoms with Crippen molar-refractivity contribution in [2.45, 2.75) is 24.8 Å². The molecular weight excluding hydrogens is 478 g/mol. The zero-order valence-electron chi connectivity index (χ0n) is 18.8. The Morgan fingerprint density at radius 3 is 2.17 bits per heavy atom. The van der Waals surface area contributed by atoms with Gasteiger partial charge in [-0.05, 0) is 48.5 Å². The molecule has 4 rings (SSSR count). The molecule has 0 aliphatic carbocycles. The minimum atomic E-state index is -4.99. The number of nitrogens with one attached hydrogen (secondary N) is 2. The molecule has 2 N–H and O–H groups in total. The number of nitrogens with zero attached hydrogens (tertiary/aromatic N) is 2. The van der Waals surface area contributed by atoms with Crippen molar-refractivity contribution >= 4 is 11.6 Å². The second-order valence-electron chi connectivity index (χ2n) is 8.62. The Kier molecular flexibility index (Phi) is 6.87. The Bertz CT molecular complexity index is 1050. The SMILES string of the molecule is CN1CCN(C(C(=O)NNc2cc(C(F)(F)F)cc(C(F)(F)F)c2)c2ccc3c(c2)CCO3)CC1. The van der Waals surface area contributed by atoms with Crippen molar-refractivity contribution in [2.24, 2.45) is 0 Å². The molecule has 1 fully saturated rings. The second-order valence-corrected chi connectivity index (χ2v) is 8.62. The van der Waals surface area contributed by atoms with Crippen LogP contribution in [-0.4, -0.2) is 55.5 Å². The van der Waals surface area contributed by atoms with E-state index < -0.39 is 41.1 Å². The van der Waals surface area contributed by atoms with E-state index >= 15 is 0 Å². The zero-order chi connectivity index (χ0) is 25.4. The number of likely N-dealkylation sites (N-methyl/N-ethyl adjacent to an activating group) is 1. The third kappa shape index (κ3) is 5.81. The molecule has 0 spiro atoms. The predicted octanol–water partition coefficient (Wildman–Crippen LogP) is 4.09. The van der Waals surface area contributed by atoms with Crippen molar-refractivity contribution in [3.63, 3.8) is 0 Å². The van der Waals surface area contributed by atoms with Gasteiger partial charge in [-0.15, -0.1) is 0 Å². The van der Waals surface area contributed by atoms with Crippen LogP contribution in [0.3, 0.4) is 0 Å². The Morgan fingerprint density at radius 2 is 1.57 bits per heavy atom. The molecule has 1 atom stereocenters. The smallest absolute Gasteiger partial charge is 0.416 e. The van der Waals surface area contributed by atoms with Crippen LogP contribution in [0.1, 0.15) is 28.3 Å². The number of piperazine rings is 1. The summed E-state index contributed by atoms with van der Waals surface area (Å²) in [6.07, 6.45) is -9.30. The number of hydrogen-bond acceptors (Lipinski definition) is 5. The fraction of sp³-hybridized carbons (Fsp3) is 0.435. The third-order valence-electron chi connectivity index (χ3n) is 6.10. The predicted molar refractivity (Wildman–Crippen MR) is 116 cm³/mol. The van der Waals surface area contributed by atoms with Crippen molar-refractivity contribution in [1.29, 1.82) is 0 Å². The van der Waals surface area contributed by atoms with E-state index in [2.05, 4.69) is 15.8 Å². The van der Waals surface area contributed by atoms with E-state index in [9.17, 15) is 31.1 Å². The normalized spacial score (nSPS) is 18.0. The number of hydrogen-bond donors (Lipinski definition) is 2. The molecule has 190 valence electrons. The second kappa shape index (κ2) is 9.57. The summed E-state index contributed by atoms with van der Waals surface area (Å²) in [5, 5.41) is 0. The Hall–Kier alpha value is -2.99. The standard InChI is InChI=1S/C23H24F6N4O2/c1-32-5-7-33(8-6-32)20(15-2-3-19-14(10-15)4-9-35-19)21(34)31-30-18-12-16(22(24,25)26)11-17(13-18)23(27,28)29/h2-3,10-13,20,30H,4-9H2,1H3,(H,31,34). The lowest BCUT2D eigenvalue weighted by Crippen LogP contribution is -2.50. The highest BCUT2D eigenvalue weighted by atomic mass is 19.4. The highest BCUT2D eigenvalue weighted by Crippen LogP contribution is 2.37. The number of rotatable bonds is 5. The van der Waals surface area contributed by atoms with Crippen molar-refractivity contribution in [2.75, 3.05) is 45.3 Å². The van der Waals surface area contributed by atoms with Crippen LogP contribution in [0.2, 0.25) is 0 Å². The number of halogens is 6. The minimum absolute atomic E-state index is 0.0344. The van der Waals surface area contributed by atoms with Gasteiger partial charge in [0.15, 0.2) is 0 Å². The first-order valence-electron chi connectivity index (χ1n) is 11.0. The lowest BCUT2D eigenvalue weighted by atomic mass is 10.00. The maximum absolute atomic E-state index is 13.3. The van der Waals surface area contributed by atoms with Gasteiger partial charge in [0.2, 0.25) is 0 Å². The number of carbonyl (C=O) groups excluding carboxylic acids is 1. The van der Waals surface area contributed by atoms with Crippen LogP contribution in [0.4, 0.5) is 32.0 Å². The van der Waals surface area contributed by atoms with Gasteiger partial charge in [-0.3, -0.25) is 20.5 Å². The number of carbonyl (C=O) groups is 1. The number of alkyl halides is 6.